The quantitative estimate of drug-likeness (QED) is 0.384. The van der Waals surface area contributed by atoms with E-state index in [-0.39, 0.29) is 48.2 Å². The van der Waals surface area contributed by atoms with Gasteiger partial charge in [0.1, 0.15) is 18.1 Å². The minimum Gasteiger partial charge on any atom is -0.496 e. The maximum atomic E-state index is 13.8. The van der Waals surface area contributed by atoms with Crippen LogP contribution >= 0.6 is 0 Å². The molecule has 0 saturated carbocycles. The third-order valence-corrected chi connectivity index (χ3v) is 8.53. The second-order valence-electron chi connectivity index (χ2n) is 9.02. The highest BCUT2D eigenvalue weighted by Crippen LogP contribution is 2.39. The van der Waals surface area contributed by atoms with Crippen molar-refractivity contribution in [2.75, 3.05) is 38.3 Å². The van der Waals surface area contributed by atoms with E-state index in [2.05, 4.69) is 9.97 Å². The number of methoxy groups -OCH3 is 1. The van der Waals surface area contributed by atoms with Crippen molar-refractivity contribution in [3.8, 4) is 23.5 Å². The monoisotopic (exact) mass is 556 g/mol. The standard InChI is InChI=1S/C25H28N6O7S/c1-29-21(23-27-11-15-37-23)28-22-24(29)39(33,34)31(12-5-10-26)25(32)30(22)16-20(38-17-8-13-36-14-9-17)18-6-3-4-7-19(18)35-2/h3-4,6-7,11,15,17,20H,5,8-9,12-14,16H2,1-2H3/t20-/m0/s1. The zero-order chi connectivity index (χ0) is 27.6. The molecule has 1 saturated heterocycles. The van der Waals surface area contributed by atoms with Crippen molar-refractivity contribution in [1.82, 2.24) is 18.8 Å². The predicted octanol–water partition coefficient (Wildman–Crippen LogP) is 2.86. The van der Waals surface area contributed by atoms with Crippen LogP contribution in [0.15, 0.2) is 46.2 Å². The number of sulfonamides is 1. The Bertz CT molecular complexity index is 1470. The van der Waals surface area contributed by atoms with Crippen molar-refractivity contribution < 1.29 is 31.8 Å². The Balaban J connectivity index is 1.62. The van der Waals surface area contributed by atoms with E-state index in [1.54, 1.807) is 13.2 Å². The summed E-state index contributed by atoms with van der Waals surface area (Å²) >= 11 is 0. The van der Waals surface area contributed by atoms with Crippen LogP contribution in [0.3, 0.4) is 0 Å². The van der Waals surface area contributed by atoms with E-state index < -0.39 is 22.2 Å². The van der Waals surface area contributed by atoms with E-state index in [1.807, 2.05) is 24.3 Å². The van der Waals surface area contributed by atoms with Gasteiger partial charge in [0.25, 0.3) is 15.9 Å². The maximum absolute atomic E-state index is 13.8. The summed E-state index contributed by atoms with van der Waals surface area (Å²) in [6, 6.07) is 8.40. The number of fused-ring (bicyclic) bond motifs is 1. The number of hydrogen-bond acceptors (Lipinski definition) is 10. The van der Waals surface area contributed by atoms with Gasteiger partial charge in [-0.1, -0.05) is 18.2 Å². The van der Waals surface area contributed by atoms with Gasteiger partial charge in [0.05, 0.1) is 45.0 Å². The van der Waals surface area contributed by atoms with Crippen LogP contribution in [0.1, 0.15) is 30.9 Å². The lowest BCUT2D eigenvalue weighted by molar-refractivity contribution is -0.0672. The molecule has 2 aromatic heterocycles. The van der Waals surface area contributed by atoms with Gasteiger partial charge in [-0.05, 0) is 18.9 Å². The number of hydrogen-bond donors (Lipinski definition) is 0. The van der Waals surface area contributed by atoms with E-state index in [1.165, 1.54) is 29.0 Å². The first-order chi connectivity index (χ1) is 18.9. The number of aromatic nitrogens is 3. The molecule has 4 heterocycles. The molecule has 2 aliphatic heterocycles. The zero-order valence-corrected chi connectivity index (χ0v) is 22.3. The number of nitrogens with zero attached hydrogens (tertiary/aromatic N) is 6. The number of carbonyl (C=O) groups is 1. The van der Waals surface area contributed by atoms with E-state index >= 15 is 0 Å². The molecule has 2 aliphatic rings. The fourth-order valence-corrected chi connectivity index (χ4v) is 6.44. The minimum absolute atomic E-state index is 0.0653. The Kier molecular flexibility index (Phi) is 7.56. The van der Waals surface area contributed by atoms with E-state index in [9.17, 15) is 13.2 Å². The Hall–Kier alpha value is -3.93. The summed E-state index contributed by atoms with van der Waals surface area (Å²) in [5, 5.41) is 8.94. The molecule has 0 radical (unpaired) electrons. The number of oxazole rings is 1. The van der Waals surface area contributed by atoms with Gasteiger partial charge in [-0.25, -0.2) is 19.1 Å². The van der Waals surface area contributed by atoms with Crippen molar-refractivity contribution in [1.29, 1.82) is 5.26 Å². The highest BCUT2D eigenvalue weighted by atomic mass is 32.2. The predicted molar refractivity (Wildman–Crippen MR) is 136 cm³/mol. The maximum Gasteiger partial charge on any atom is 0.339 e. The summed E-state index contributed by atoms with van der Waals surface area (Å²) in [5.74, 6) is 0.722. The molecule has 13 nitrogen and oxygen atoms in total. The average Bonchev–Trinajstić information content (AvgIpc) is 3.59. The van der Waals surface area contributed by atoms with Gasteiger partial charge >= 0.3 is 6.03 Å². The van der Waals surface area contributed by atoms with Crippen molar-refractivity contribution >= 4 is 21.9 Å². The molecule has 0 bridgehead atoms. The Morgan fingerprint density at radius 3 is 2.72 bits per heavy atom. The SMILES string of the molecule is COc1ccccc1[C@H](CN1C(=O)N(CCC#N)S(=O)(=O)c2c1nc(-c1ncco1)n2C)OC1CCOCC1. The number of ether oxygens (including phenoxy) is 3. The van der Waals surface area contributed by atoms with Gasteiger partial charge in [0, 0.05) is 25.8 Å². The molecule has 1 fully saturated rings. The molecule has 2 amide bonds. The summed E-state index contributed by atoms with van der Waals surface area (Å²) in [6.45, 7) is 0.726. The second-order valence-corrected chi connectivity index (χ2v) is 10.8. The molecular formula is C25H28N6O7S. The molecule has 0 aliphatic carbocycles. The third-order valence-electron chi connectivity index (χ3n) is 6.67. The molecule has 0 unspecified atom stereocenters. The third kappa shape index (κ3) is 4.96. The molecule has 3 aromatic rings. The van der Waals surface area contributed by atoms with Gasteiger partial charge in [-0.3, -0.25) is 4.90 Å². The van der Waals surface area contributed by atoms with Crippen molar-refractivity contribution in [2.45, 2.75) is 36.5 Å². The van der Waals surface area contributed by atoms with Crippen molar-refractivity contribution in [3.05, 3.63) is 42.3 Å². The highest BCUT2D eigenvalue weighted by molar-refractivity contribution is 7.89. The number of imidazole rings is 1. The lowest BCUT2D eigenvalue weighted by atomic mass is 10.1. The number of para-hydroxylation sites is 1. The molecule has 0 N–H and O–H groups in total. The first-order valence-corrected chi connectivity index (χ1v) is 13.8. The van der Waals surface area contributed by atoms with Gasteiger partial charge in [-0.15, -0.1) is 0 Å². The van der Waals surface area contributed by atoms with E-state index in [0.29, 0.717) is 41.7 Å². The van der Waals surface area contributed by atoms with Crippen LogP contribution in [-0.2, 0) is 26.5 Å². The van der Waals surface area contributed by atoms with Gasteiger partial charge in [0.15, 0.2) is 11.6 Å². The van der Waals surface area contributed by atoms with Crippen LogP contribution < -0.4 is 9.64 Å². The van der Waals surface area contributed by atoms with Crippen molar-refractivity contribution in [2.24, 2.45) is 7.05 Å². The Morgan fingerprint density at radius 1 is 1.26 bits per heavy atom. The first kappa shape index (κ1) is 26.7. The molecule has 5 rings (SSSR count). The van der Waals surface area contributed by atoms with Gasteiger partial charge in [-0.2, -0.15) is 13.7 Å². The number of nitriles is 1. The molecule has 206 valence electrons. The Morgan fingerprint density at radius 2 is 2.03 bits per heavy atom. The number of anilines is 1. The summed E-state index contributed by atoms with van der Waals surface area (Å²) in [6.07, 6.45) is 3.10. The van der Waals surface area contributed by atoms with Crippen LogP contribution in [0.25, 0.3) is 11.7 Å². The summed E-state index contributed by atoms with van der Waals surface area (Å²) in [5.41, 5.74) is 0.696. The molecule has 39 heavy (non-hydrogen) atoms. The number of urea groups is 1. The van der Waals surface area contributed by atoms with Crippen molar-refractivity contribution in [3.63, 3.8) is 0 Å². The largest absolute Gasteiger partial charge is 0.496 e. The van der Waals surface area contributed by atoms with Gasteiger partial charge < -0.3 is 23.2 Å². The number of rotatable bonds is 9. The Labute approximate surface area is 225 Å². The summed E-state index contributed by atoms with van der Waals surface area (Å²) in [4.78, 5) is 23.7. The summed E-state index contributed by atoms with van der Waals surface area (Å²) in [7, 11) is -1.28. The fourth-order valence-electron chi connectivity index (χ4n) is 4.78. The lowest BCUT2D eigenvalue weighted by Gasteiger charge is -2.37. The highest BCUT2D eigenvalue weighted by Gasteiger charge is 2.47. The molecule has 1 atom stereocenters. The zero-order valence-electron chi connectivity index (χ0n) is 21.5. The lowest BCUT2D eigenvalue weighted by Crippen LogP contribution is -2.52. The van der Waals surface area contributed by atoms with Gasteiger partial charge in [0.2, 0.25) is 5.03 Å². The molecule has 1 aromatic carbocycles. The molecular weight excluding hydrogens is 528 g/mol. The van der Waals surface area contributed by atoms with Crippen LogP contribution in [0.5, 0.6) is 5.75 Å². The second kappa shape index (κ2) is 11.0. The minimum atomic E-state index is -4.34. The van der Waals surface area contributed by atoms with Crippen LogP contribution in [0, 0.1) is 11.3 Å². The number of amides is 2. The normalized spacial score (nSPS) is 18.0. The van der Waals surface area contributed by atoms with Crippen LogP contribution in [0.2, 0.25) is 0 Å². The number of carbonyl (C=O) groups excluding carboxylic acids is 1. The van der Waals surface area contributed by atoms with E-state index in [0.717, 1.165) is 0 Å². The van der Waals surface area contributed by atoms with E-state index in [4.69, 9.17) is 23.9 Å². The summed E-state index contributed by atoms with van der Waals surface area (Å²) < 4.78 is 52.3. The first-order valence-electron chi connectivity index (χ1n) is 12.4. The van der Waals surface area contributed by atoms with Crippen LogP contribution in [-0.4, -0.2) is 72.8 Å². The topological polar surface area (TPSA) is 153 Å². The average molecular weight is 557 g/mol. The molecule has 0 spiro atoms. The fraction of sp³-hybridized carbons (Fsp3) is 0.440. The number of benzene rings is 1. The van der Waals surface area contributed by atoms with Crippen LogP contribution in [0.4, 0.5) is 10.6 Å². The smallest absolute Gasteiger partial charge is 0.339 e. The molecule has 14 heteroatoms.